The van der Waals surface area contributed by atoms with Crippen LogP contribution in [0.3, 0.4) is 0 Å². The van der Waals surface area contributed by atoms with Gasteiger partial charge in [-0.2, -0.15) is 0 Å². The molecule has 1 saturated heterocycles. The van der Waals surface area contributed by atoms with Crippen molar-refractivity contribution in [3.05, 3.63) is 22.9 Å². The zero-order valence-electron chi connectivity index (χ0n) is 14.7. The minimum absolute atomic E-state index is 0.401. The summed E-state index contributed by atoms with van der Waals surface area (Å²) in [5.41, 5.74) is 4.47. The van der Waals surface area contributed by atoms with Crippen LogP contribution >= 0.6 is 0 Å². The molecule has 0 saturated carbocycles. The molecule has 4 nitrogen and oxygen atoms in total. The molecule has 2 aliphatic rings. The number of likely N-dealkylation sites (N-methyl/N-ethyl adjacent to an activating group) is 1. The normalized spacial score (nSPS) is 21.3. The fourth-order valence-corrected chi connectivity index (χ4v) is 4.01. The summed E-state index contributed by atoms with van der Waals surface area (Å²) in [6.45, 7) is 6.41. The molecule has 2 aliphatic heterocycles. The van der Waals surface area contributed by atoms with E-state index < -0.39 is 0 Å². The first kappa shape index (κ1) is 16.7. The van der Waals surface area contributed by atoms with Crippen molar-refractivity contribution in [2.24, 2.45) is 0 Å². The molecule has 0 bridgehead atoms. The molecule has 23 heavy (non-hydrogen) atoms. The van der Waals surface area contributed by atoms with Crippen LogP contribution in [0.4, 0.5) is 5.82 Å². The van der Waals surface area contributed by atoms with Crippen molar-refractivity contribution in [3.8, 4) is 0 Å². The number of pyridine rings is 1. The fraction of sp³-hybridized carbons (Fsp3) is 0.737. The number of rotatable bonds is 6. The summed E-state index contributed by atoms with van der Waals surface area (Å²) < 4.78 is 5.95. The first-order valence-corrected chi connectivity index (χ1v) is 9.34. The Morgan fingerprint density at radius 1 is 1.35 bits per heavy atom. The van der Waals surface area contributed by atoms with E-state index in [4.69, 9.17) is 9.72 Å². The van der Waals surface area contributed by atoms with Crippen LogP contribution in [0.5, 0.6) is 0 Å². The molecule has 128 valence electrons. The van der Waals surface area contributed by atoms with E-state index in [1.165, 1.54) is 49.0 Å². The standard InChI is InChI=1S/C19H31N3O/c1-3-17-15(13-16-7-4-5-12-23-16)14-21-19-18(17)8-6-10-22(19)11-9-20-2/h14,16,20H,3-13H2,1-2H3. The molecule has 3 rings (SSSR count). The zero-order chi connectivity index (χ0) is 16.1. The van der Waals surface area contributed by atoms with Gasteiger partial charge in [-0.3, -0.25) is 0 Å². The Bertz CT molecular complexity index is 512. The Hall–Kier alpha value is -1.13. The van der Waals surface area contributed by atoms with Gasteiger partial charge in [-0.1, -0.05) is 6.92 Å². The average molecular weight is 317 g/mol. The minimum Gasteiger partial charge on any atom is -0.378 e. The van der Waals surface area contributed by atoms with Gasteiger partial charge in [-0.05, 0) is 62.3 Å². The van der Waals surface area contributed by atoms with E-state index in [1.54, 1.807) is 5.56 Å². The molecule has 4 heteroatoms. The van der Waals surface area contributed by atoms with Crippen LogP contribution in [0.1, 0.15) is 49.3 Å². The summed E-state index contributed by atoms with van der Waals surface area (Å²) in [6, 6.07) is 0. The number of nitrogens with one attached hydrogen (secondary N) is 1. The van der Waals surface area contributed by atoms with E-state index in [2.05, 4.69) is 23.3 Å². The van der Waals surface area contributed by atoms with Gasteiger partial charge in [0.1, 0.15) is 5.82 Å². The van der Waals surface area contributed by atoms with Crippen molar-refractivity contribution in [1.29, 1.82) is 0 Å². The lowest BCUT2D eigenvalue weighted by molar-refractivity contribution is 0.0166. The first-order valence-electron chi connectivity index (χ1n) is 9.34. The first-order chi connectivity index (χ1) is 11.3. The molecule has 1 fully saturated rings. The smallest absolute Gasteiger partial charge is 0.132 e. The Balaban J connectivity index is 1.82. The van der Waals surface area contributed by atoms with E-state index in [9.17, 15) is 0 Å². The van der Waals surface area contributed by atoms with Crippen LogP contribution in [-0.2, 0) is 24.0 Å². The number of hydrogen-bond donors (Lipinski definition) is 1. The lowest BCUT2D eigenvalue weighted by Crippen LogP contribution is -2.36. The number of hydrogen-bond acceptors (Lipinski definition) is 4. The van der Waals surface area contributed by atoms with Crippen molar-refractivity contribution in [2.75, 3.05) is 38.2 Å². The summed E-state index contributed by atoms with van der Waals surface area (Å²) in [4.78, 5) is 7.32. The van der Waals surface area contributed by atoms with Crippen LogP contribution in [0.25, 0.3) is 0 Å². The quantitative estimate of drug-likeness (QED) is 0.875. The molecule has 1 aromatic rings. The third-order valence-electron chi connectivity index (χ3n) is 5.23. The van der Waals surface area contributed by atoms with Crippen molar-refractivity contribution < 1.29 is 4.74 Å². The summed E-state index contributed by atoms with van der Waals surface area (Å²) >= 11 is 0. The third-order valence-corrected chi connectivity index (χ3v) is 5.23. The predicted molar refractivity (Wildman–Crippen MR) is 95.4 cm³/mol. The summed E-state index contributed by atoms with van der Waals surface area (Å²) in [7, 11) is 2.02. The highest BCUT2D eigenvalue weighted by Gasteiger charge is 2.23. The molecular formula is C19H31N3O. The highest BCUT2D eigenvalue weighted by molar-refractivity contribution is 5.55. The van der Waals surface area contributed by atoms with E-state index in [1.807, 2.05) is 7.05 Å². The molecule has 1 N–H and O–H groups in total. The maximum absolute atomic E-state index is 5.95. The molecule has 0 amide bonds. The van der Waals surface area contributed by atoms with Crippen molar-refractivity contribution in [1.82, 2.24) is 10.3 Å². The van der Waals surface area contributed by atoms with Gasteiger partial charge < -0.3 is 15.0 Å². The maximum Gasteiger partial charge on any atom is 0.132 e. The molecule has 0 radical (unpaired) electrons. The SMILES string of the molecule is CCc1c(CC2CCCCO2)cnc2c1CCCN2CCNC. The van der Waals surface area contributed by atoms with Crippen LogP contribution in [-0.4, -0.2) is 44.4 Å². The van der Waals surface area contributed by atoms with Crippen molar-refractivity contribution >= 4 is 5.82 Å². The molecule has 1 unspecified atom stereocenters. The predicted octanol–water partition coefficient (Wildman–Crippen LogP) is 2.73. The van der Waals surface area contributed by atoms with Gasteiger partial charge in [-0.25, -0.2) is 4.98 Å². The number of ether oxygens (including phenoxy) is 1. The van der Waals surface area contributed by atoms with E-state index in [0.29, 0.717) is 6.10 Å². The topological polar surface area (TPSA) is 37.4 Å². The van der Waals surface area contributed by atoms with Gasteiger partial charge in [0, 0.05) is 38.9 Å². The summed E-state index contributed by atoms with van der Waals surface area (Å²) in [5.74, 6) is 1.23. The van der Waals surface area contributed by atoms with Crippen molar-refractivity contribution in [3.63, 3.8) is 0 Å². The molecule has 0 aliphatic carbocycles. The van der Waals surface area contributed by atoms with Gasteiger partial charge in [0.05, 0.1) is 6.10 Å². The molecule has 0 spiro atoms. The van der Waals surface area contributed by atoms with Crippen LogP contribution in [0.2, 0.25) is 0 Å². The Labute approximate surface area is 140 Å². The number of nitrogens with zero attached hydrogens (tertiary/aromatic N) is 2. The van der Waals surface area contributed by atoms with E-state index in [-0.39, 0.29) is 0 Å². The molecule has 1 atom stereocenters. The molecule has 3 heterocycles. The van der Waals surface area contributed by atoms with Gasteiger partial charge in [-0.15, -0.1) is 0 Å². The van der Waals surface area contributed by atoms with E-state index in [0.717, 1.165) is 39.1 Å². The third kappa shape index (κ3) is 3.86. The molecular weight excluding hydrogens is 286 g/mol. The fourth-order valence-electron chi connectivity index (χ4n) is 4.01. The summed E-state index contributed by atoms with van der Waals surface area (Å²) in [5, 5.41) is 3.25. The Morgan fingerprint density at radius 2 is 2.26 bits per heavy atom. The van der Waals surface area contributed by atoms with Gasteiger partial charge >= 0.3 is 0 Å². The average Bonchev–Trinajstić information content (AvgIpc) is 2.60. The lowest BCUT2D eigenvalue weighted by atomic mass is 9.91. The van der Waals surface area contributed by atoms with Gasteiger partial charge in [0.2, 0.25) is 0 Å². The second-order valence-electron chi connectivity index (χ2n) is 6.80. The molecule has 0 aromatic carbocycles. The Kier molecular flexibility index (Phi) is 5.90. The van der Waals surface area contributed by atoms with E-state index >= 15 is 0 Å². The number of anilines is 1. The zero-order valence-corrected chi connectivity index (χ0v) is 14.7. The second kappa shape index (κ2) is 8.11. The minimum atomic E-state index is 0.401. The lowest BCUT2D eigenvalue weighted by Gasteiger charge is -2.32. The Morgan fingerprint density at radius 3 is 3.00 bits per heavy atom. The van der Waals surface area contributed by atoms with Gasteiger partial charge in [0.15, 0.2) is 0 Å². The number of aromatic nitrogens is 1. The van der Waals surface area contributed by atoms with Crippen molar-refractivity contribution in [2.45, 2.75) is 58.0 Å². The van der Waals surface area contributed by atoms with Crippen LogP contribution in [0.15, 0.2) is 6.20 Å². The highest BCUT2D eigenvalue weighted by Crippen LogP contribution is 2.31. The van der Waals surface area contributed by atoms with Crippen LogP contribution < -0.4 is 10.2 Å². The second-order valence-corrected chi connectivity index (χ2v) is 6.80. The summed E-state index contributed by atoms with van der Waals surface area (Å²) in [6.07, 6.45) is 10.8. The monoisotopic (exact) mass is 317 g/mol. The maximum atomic E-state index is 5.95. The highest BCUT2D eigenvalue weighted by atomic mass is 16.5. The molecule has 1 aromatic heterocycles. The number of fused-ring (bicyclic) bond motifs is 1. The van der Waals surface area contributed by atoms with Gasteiger partial charge in [0.25, 0.3) is 0 Å². The van der Waals surface area contributed by atoms with Crippen LogP contribution in [0, 0.1) is 0 Å². The largest absolute Gasteiger partial charge is 0.378 e.